The molecule has 0 N–H and O–H groups in total. The number of hydrogen-bond donors (Lipinski definition) is 0. The van der Waals surface area contributed by atoms with Gasteiger partial charge in [0.15, 0.2) is 0 Å². The Hall–Kier alpha value is -1.73. The fourth-order valence-electron chi connectivity index (χ4n) is 1.57. The molecule has 0 radical (unpaired) electrons. The number of rotatable bonds is 4. The maximum absolute atomic E-state index is 11.1. The largest absolute Gasteiger partial charge is 0.430 e. The molecule has 2 rings (SSSR count). The Morgan fingerprint density at radius 3 is 2.71 bits per heavy atom. The quantitative estimate of drug-likeness (QED) is 0.441. The Morgan fingerprint density at radius 2 is 2.10 bits per heavy atom. The molecule has 1 aromatic carbocycles. The third-order valence-corrected chi connectivity index (χ3v) is 3.37. The molecule has 0 unspecified atom stereocenters. The van der Waals surface area contributed by atoms with Gasteiger partial charge in [-0.3, -0.25) is 10.1 Å². The lowest BCUT2D eigenvalue weighted by Gasteiger charge is -2.10. The van der Waals surface area contributed by atoms with Crippen LogP contribution in [0.25, 0.3) is 0 Å². The number of halogens is 2. The van der Waals surface area contributed by atoms with Crippen LogP contribution in [-0.2, 0) is 0 Å². The van der Waals surface area contributed by atoms with E-state index >= 15 is 0 Å². The Bertz CT molecular complexity index is 694. The maximum Gasteiger partial charge on any atom is 0.312 e. The summed E-state index contributed by atoms with van der Waals surface area (Å²) in [6, 6.07) is 5.97. The molecule has 0 bridgehead atoms. The first kappa shape index (κ1) is 15.7. The highest BCUT2D eigenvalue weighted by Gasteiger charge is 2.20. The minimum Gasteiger partial charge on any atom is -0.430 e. The second kappa shape index (κ2) is 6.36. The molecule has 0 fully saturated rings. The molecule has 6 nitrogen and oxygen atoms in total. The highest BCUT2D eigenvalue weighted by Crippen LogP contribution is 2.37. The minimum absolute atomic E-state index is 0.0558. The molecule has 0 aliphatic carbocycles. The summed E-state index contributed by atoms with van der Waals surface area (Å²) >= 11 is 9.16. The van der Waals surface area contributed by atoms with Crippen molar-refractivity contribution in [1.29, 1.82) is 0 Å². The summed E-state index contributed by atoms with van der Waals surface area (Å²) in [6.45, 7) is 3.83. The average molecular weight is 373 g/mol. The van der Waals surface area contributed by atoms with E-state index in [-0.39, 0.29) is 28.4 Å². The predicted molar refractivity (Wildman–Crippen MR) is 82.0 cm³/mol. The van der Waals surface area contributed by atoms with Crippen molar-refractivity contribution in [2.24, 2.45) is 0 Å². The van der Waals surface area contributed by atoms with E-state index in [2.05, 4.69) is 25.9 Å². The lowest BCUT2D eigenvalue weighted by molar-refractivity contribution is -0.385. The summed E-state index contributed by atoms with van der Waals surface area (Å²) in [4.78, 5) is 18.8. The van der Waals surface area contributed by atoms with Gasteiger partial charge in [0.05, 0.1) is 9.40 Å². The third-order valence-electron chi connectivity index (χ3n) is 2.55. The topological polar surface area (TPSA) is 78.2 Å². The fourth-order valence-corrected chi connectivity index (χ4v) is 2.19. The Balaban J connectivity index is 2.45. The van der Waals surface area contributed by atoms with Crippen LogP contribution >= 0.6 is 27.5 Å². The van der Waals surface area contributed by atoms with E-state index in [0.29, 0.717) is 10.3 Å². The predicted octanol–water partition coefficient (Wildman–Crippen LogP) is 4.72. The molecule has 0 amide bonds. The van der Waals surface area contributed by atoms with E-state index in [1.165, 1.54) is 12.1 Å². The van der Waals surface area contributed by atoms with Crippen molar-refractivity contribution in [3.8, 4) is 11.6 Å². The van der Waals surface area contributed by atoms with E-state index in [1.807, 2.05) is 13.8 Å². The average Bonchev–Trinajstić information content (AvgIpc) is 2.40. The Morgan fingerprint density at radius 1 is 1.38 bits per heavy atom. The molecule has 0 saturated heterocycles. The van der Waals surface area contributed by atoms with Gasteiger partial charge >= 0.3 is 5.69 Å². The summed E-state index contributed by atoms with van der Waals surface area (Å²) in [7, 11) is 0. The number of para-hydroxylation sites is 1. The molecule has 21 heavy (non-hydrogen) atoms. The van der Waals surface area contributed by atoms with Crippen LogP contribution in [0.2, 0.25) is 5.15 Å². The van der Waals surface area contributed by atoms with Gasteiger partial charge in [-0.2, -0.15) is 4.98 Å². The van der Waals surface area contributed by atoms with Crippen molar-refractivity contribution < 1.29 is 9.66 Å². The first-order valence-electron chi connectivity index (χ1n) is 6.03. The summed E-state index contributed by atoms with van der Waals surface area (Å²) in [6.07, 6.45) is 0. The van der Waals surface area contributed by atoms with E-state index in [0.717, 1.165) is 0 Å². The molecule has 0 aliphatic heterocycles. The first-order chi connectivity index (χ1) is 9.88. The van der Waals surface area contributed by atoms with Crippen molar-refractivity contribution in [3.63, 3.8) is 0 Å². The van der Waals surface area contributed by atoms with Crippen LogP contribution in [0, 0.1) is 10.1 Å². The summed E-state index contributed by atoms with van der Waals surface area (Å²) in [5.74, 6) is 0.799. The van der Waals surface area contributed by atoms with Gasteiger partial charge in [-0.25, -0.2) is 4.98 Å². The van der Waals surface area contributed by atoms with Crippen LogP contribution in [0.4, 0.5) is 5.69 Å². The Labute approximate surface area is 134 Å². The molecule has 0 aliphatic rings. The van der Waals surface area contributed by atoms with E-state index in [9.17, 15) is 10.1 Å². The van der Waals surface area contributed by atoms with E-state index in [4.69, 9.17) is 16.3 Å². The summed E-state index contributed by atoms with van der Waals surface area (Å²) < 4.78 is 6.01. The highest BCUT2D eigenvalue weighted by molar-refractivity contribution is 9.10. The van der Waals surface area contributed by atoms with Crippen LogP contribution < -0.4 is 4.74 Å². The molecule has 0 spiro atoms. The second-order valence-corrected chi connectivity index (χ2v) is 5.73. The van der Waals surface area contributed by atoms with Crippen molar-refractivity contribution in [3.05, 3.63) is 49.8 Å². The van der Waals surface area contributed by atoms with Gasteiger partial charge in [0, 0.05) is 18.1 Å². The van der Waals surface area contributed by atoms with Crippen molar-refractivity contribution >= 4 is 33.2 Å². The lowest BCUT2D eigenvalue weighted by Crippen LogP contribution is -2.01. The number of nitro benzene ring substituents is 1. The number of ether oxygens (including phenoxy) is 1. The van der Waals surface area contributed by atoms with Crippen molar-refractivity contribution in [2.75, 3.05) is 0 Å². The zero-order valence-corrected chi connectivity index (χ0v) is 13.6. The smallest absolute Gasteiger partial charge is 0.312 e. The van der Waals surface area contributed by atoms with Gasteiger partial charge in [0.1, 0.15) is 11.0 Å². The first-order valence-corrected chi connectivity index (χ1v) is 7.21. The molecule has 1 heterocycles. The van der Waals surface area contributed by atoms with Crippen LogP contribution in [0.1, 0.15) is 25.6 Å². The zero-order chi connectivity index (χ0) is 15.6. The Kier molecular flexibility index (Phi) is 4.74. The summed E-state index contributed by atoms with van der Waals surface area (Å²) in [5, 5.41) is 11.3. The maximum atomic E-state index is 11.1. The molecular weight excluding hydrogens is 362 g/mol. The van der Waals surface area contributed by atoms with Crippen molar-refractivity contribution in [2.45, 2.75) is 19.8 Å². The zero-order valence-electron chi connectivity index (χ0n) is 11.2. The van der Waals surface area contributed by atoms with Gasteiger partial charge in [-0.05, 0) is 22.0 Å². The van der Waals surface area contributed by atoms with Crippen LogP contribution in [0.5, 0.6) is 11.6 Å². The number of hydrogen-bond acceptors (Lipinski definition) is 5. The van der Waals surface area contributed by atoms with E-state index in [1.54, 1.807) is 12.1 Å². The number of aromatic nitrogens is 2. The monoisotopic (exact) mass is 371 g/mol. The number of benzene rings is 1. The third kappa shape index (κ3) is 3.68. The molecule has 0 atom stereocenters. The molecular formula is C13H11BrClN3O3. The van der Waals surface area contributed by atoms with Gasteiger partial charge in [0.25, 0.3) is 0 Å². The molecule has 8 heteroatoms. The number of nitro groups is 1. The second-order valence-electron chi connectivity index (χ2n) is 4.49. The van der Waals surface area contributed by atoms with Gasteiger partial charge in [-0.1, -0.05) is 31.5 Å². The highest BCUT2D eigenvalue weighted by atomic mass is 79.9. The lowest BCUT2D eigenvalue weighted by atomic mass is 10.2. The van der Waals surface area contributed by atoms with Crippen LogP contribution in [-0.4, -0.2) is 14.9 Å². The van der Waals surface area contributed by atoms with Gasteiger partial charge in [-0.15, -0.1) is 0 Å². The van der Waals surface area contributed by atoms with Crippen molar-refractivity contribution in [1.82, 2.24) is 9.97 Å². The number of nitrogens with zero attached hydrogens (tertiary/aromatic N) is 3. The molecule has 1 aromatic heterocycles. The molecule has 110 valence electrons. The standard InChI is InChI=1S/C13H11BrClN3O3/c1-7(2)13-16-10(15)6-11(17-13)21-12-8(14)4-3-5-9(12)18(19)20/h3-7H,1-2H3. The SMILES string of the molecule is CC(C)c1nc(Cl)cc(Oc2c(Br)cccc2[N+](=O)[O-])n1. The summed E-state index contributed by atoms with van der Waals surface area (Å²) in [5.41, 5.74) is -0.162. The van der Waals surface area contributed by atoms with Gasteiger partial charge < -0.3 is 4.74 Å². The minimum atomic E-state index is -0.522. The molecule has 0 saturated carbocycles. The fraction of sp³-hybridized carbons (Fsp3) is 0.231. The molecule has 2 aromatic rings. The van der Waals surface area contributed by atoms with Gasteiger partial charge in [0.2, 0.25) is 11.6 Å². The normalized spacial score (nSPS) is 10.7. The van der Waals surface area contributed by atoms with Crippen LogP contribution in [0.3, 0.4) is 0 Å². The van der Waals surface area contributed by atoms with Crippen LogP contribution in [0.15, 0.2) is 28.7 Å². The van der Waals surface area contributed by atoms with E-state index < -0.39 is 4.92 Å².